The second kappa shape index (κ2) is 4.86. The zero-order valence-corrected chi connectivity index (χ0v) is 10.6. The summed E-state index contributed by atoms with van der Waals surface area (Å²) >= 11 is 0. The molecule has 2 saturated heterocycles. The summed E-state index contributed by atoms with van der Waals surface area (Å²) in [5.41, 5.74) is 0.321. The van der Waals surface area contributed by atoms with Gasteiger partial charge >= 0.3 is 5.97 Å². The molecular formula is C14H14FNO4. The summed E-state index contributed by atoms with van der Waals surface area (Å²) in [6.07, 6.45) is 0.622. The van der Waals surface area contributed by atoms with Crippen molar-refractivity contribution in [3.05, 3.63) is 30.1 Å². The monoisotopic (exact) mass is 279 g/mol. The number of ether oxygens (including phenoxy) is 1. The van der Waals surface area contributed by atoms with Crippen molar-refractivity contribution in [2.24, 2.45) is 11.8 Å². The Morgan fingerprint density at radius 2 is 1.95 bits per heavy atom. The van der Waals surface area contributed by atoms with Crippen molar-refractivity contribution in [2.75, 3.05) is 5.32 Å². The number of carboxylic acid groups (broad SMARTS) is 1. The summed E-state index contributed by atoms with van der Waals surface area (Å²) in [6.45, 7) is 0. The zero-order chi connectivity index (χ0) is 14.3. The number of carboxylic acids is 1. The Balaban J connectivity index is 1.78. The second-order valence-electron chi connectivity index (χ2n) is 5.18. The first-order valence-corrected chi connectivity index (χ1v) is 6.51. The molecule has 106 valence electrons. The highest BCUT2D eigenvalue weighted by Gasteiger charge is 2.55. The fourth-order valence-corrected chi connectivity index (χ4v) is 3.12. The van der Waals surface area contributed by atoms with Crippen LogP contribution in [0, 0.1) is 17.7 Å². The fourth-order valence-electron chi connectivity index (χ4n) is 3.12. The quantitative estimate of drug-likeness (QED) is 0.882. The maximum atomic E-state index is 13.1. The van der Waals surface area contributed by atoms with E-state index in [1.165, 1.54) is 18.2 Å². The molecule has 2 aliphatic rings. The van der Waals surface area contributed by atoms with Crippen molar-refractivity contribution in [1.82, 2.24) is 0 Å². The third-order valence-electron chi connectivity index (χ3n) is 3.95. The highest BCUT2D eigenvalue weighted by molar-refractivity contribution is 5.96. The molecule has 2 aliphatic heterocycles. The number of halogens is 1. The molecule has 1 aromatic rings. The molecule has 20 heavy (non-hydrogen) atoms. The average molecular weight is 279 g/mol. The van der Waals surface area contributed by atoms with Crippen LogP contribution >= 0.6 is 0 Å². The molecule has 0 aliphatic carbocycles. The number of carbonyl (C=O) groups excluding carboxylic acids is 1. The molecule has 4 atom stereocenters. The lowest BCUT2D eigenvalue weighted by molar-refractivity contribution is -0.147. The van der Waals surface area contributed by atoms with E-state index >= 15 is 0 Å². The molecule has 0 saturated carbocycles. The SMILES string of the molecule is O=C(O)[C@@H]1[C@@H](C(=O)Nc2cccc(F)c2)[C@H]2CC[C@@H]1O2. The van der Waals surface area contributed by atoms with Crippen LogP contribution in [-0.2, 0) is 14.3 Å². The first kappa shape index (κ1) is 13.1. The van der Waals surface area contributed by atoms with Gasteiger partial charge in [0.05, 0.1) is 24.0 Å². The second-order valence-corrected chi connectivity index (χ2v) is 5.18. The highest BCUT2D eigenvalue weighted by atomic mass is 19.1. The van der Waals surface area contributed by atoms with Crippen molar-refractivity contribution in [3.63, 3.8) is 0 Å². The highest BCUT2D eigenvalue weighted by Crippen LogP contribution is 2.44. The van der Waals surface area contributed by atoms with Crippen LogP contribution in [0.4, 0.5) is 10.1 Å². The number of hydrogen-bond acceptors (Lipinski definition) is 3. The Labute approximate surface area is 114 Å². The van der Waals surface area contributed by atoms with Gasteiger partial charge in [0, 0.05) is 5.69 Å². The van der Waals surface area contributed by atoms with Gasteiger partial charge in [0.15, 0.2) is 0 Å². The predicted octanol–water partition coefficient (Wildman–Crippen LogP) is 1.64. The van der Waals surface area contributed by atoms with E-state index < -0.39 is 29.5 Å². The van der Waals surface area contributed by atoms with E-state index in [2.05, 4.69) is 5.32 Å². The molecular weight excluding hydrogens is 265 g/mol. The summed E-state index contributed by atoms with van der Waals surface area (Å²) in [5.74, 6) is -3.43. The summed E-state index contributed by atoms with van der Waals surface area (Å²) in [4.78, 5) is 23.5. The predicted molar refractivity (Wildman–Crippen MR) is 67.5 cm³/mol. The van der Waals surface area contributed by atoms with Gasteiger partial charge in [0.25, 0.3) is 0 Å². The minimum atomic E-state index is -1.02. The number of rotatable bonds is 3. The number of nitrogens with one attached hydrogen (secondary N) is 1. The Morgan fingerprint density at radius 1 is 1.25 bits per heavy atom. The van der Waals surface area contributed by atoms with Crippen LogP contribution in [0.15, 0.2) is 24.3 Å². The smallest absolute Gasteiger partial charge is 0.310 e. The van der Waals surface area contributed by atoms with Crippen LogP contribution in [0.2, 0.25) is 0 Å². The lowest BCUT2D eigenvalue weighted by atomic mass is 9.78. The summed E-state index contributed by atoms with van der Waals surface area (Å²) in [5, 5.41) is 11.8. The van der Waals surface area contributed by atoms with Gasteiger partial charge in [0.2, 0.25) is 5.91 Å². The van der Waals surface area contributed by atoms with Crippen LogP contribution < -0.4 is 5.32 Å². The molecule has 0 unspecified atom stereocenters. The zero-order valence-electron chi connectivity index (χ0n) is 10.6. The Morgan fingerprint density at radius 3 is 2.60 bits per heavy atom. The molecule has 0 radical (unpaired) electrons. The summed E-state index contributed by atoms with van der Waals surface area (Å²) in [7, 11) is 0. The van der Waals surface area contributed by atoms with Crippen LogP contribution in [0.1, 0.15) is 12.8 Å². The van der Waals surface area contributed by atoms with E-state index in [1.54, 1.807) is 6.07 Å². The minimum absolute atomic E-state index is 0.321. The molecule has 3 rings (SSSR count). The van der Waals surface area contributed by atoms with Gasteiger partial charge < -0.3 is 15.2 Å². The number of fused-ring (bicyclic) bond motifs is 2. The van der Waals surface area contributed by atoms with Gasteiger partial charge in [-0.2, -0.15) is 0 Å². The number of amides is 1. The van der Waals surface area contributed by atoms with Crippen LogP contribution in [0.25, 0.3) is 0 Å². The van der Waals surface area contributed by atoms with Crippen molar-refractivity contribution < 1.29 is 23.8 Å². The Kier molecular flexibility index (Phi) is 3.17. The fraction of sp³-hybridized carbons (Fsp3) is 0.429. The van der Waals surface area contributed by atoms with Crippen molar-refractivity contribution in [3.8, 4) is 0 Å². The molecule has 2 fully saturated rings. The van der Waals surface area contributed by atoms with Gasteiger partial charge in [-0.1, -0.05) is 6.07 Å². The van der Waals surface area contributed by atoms with Gasteiger partial charge in [-0.05, 0) is 31.0 Å². The molecule has 0 aromatic heterocycles. The van der Waals surface area contributed by atoms with E-state index in [0.29, 0.717) is 18.5 Å². The largest absolute Gasteiger partial charge is 0.481 e. The lowest BCUT2D eigenvalue weighted by Crippen LogP contribution is -2.40. The van der Waals surface area contributed by atoms with Gasteiger partial charge in [-0.3, -0.25) is 9.59 Å². The van der Waals surface area contributed by atoms with Gasteiger partial charge in [0.1, 0.15) is 5.82 Å². The van der Waals surface area contributed by atoms with Gasteiger partial charge in [-0.25, -0.2) is 4.39 Å². The first-order chi connectivity index (χ1) is 9.56. The van der Waals surface area contributed by atoms with Crippen molar-refractivity contribution in [2.45, 2.75) is 25.0 Å². The maximum Gasteiger partial charge on any atom is 0.310 e. The molecule has 5 nitrogen and oxygen atoms in total. The number of aliphatic carboxylic acids is 1. The van der Waals surface area contributed by atoms with E-state index in [1.807, 2.05) is 0 Å². The number of anilines is 1. The Hall–Kier alpha value is -1.95. The normalized spacial score (nSPS) is 31.2. The molecule has 1 amide bonds. The minimum Gasteiger partial charge on any atom is -0.481 e. The maximum absolute atomic E-state index is 13.1. The molecule has 6 heteroatoms. The Bertz CT molecular complexity index is 562. The van der Waals surface area contributed by atoms with Crippen molar-refractivity contribution in [1.29, 1.82) is 0 Å². The standard InChI is InChI=1S/C14H14FNO4/c15-7-2-1-3-8(6-7)16-13(17)11-9-4-5-10(20-9)12(11)14(18)19/h1-3,6,9-12H,4-5H2,(H,16,17)(H,18,19)/t9-,10+,11+,12+/m1/s1. The average Bonchev–Trinajstić information content (AvgIpc) is 2.98. The number of benzene rings is 1. The number of hydrogen-bond donors (Lipinski definition) is 2. The van der Waals surface area contributed by atoms with E-state index in [9.17, 15) is 19.1 Å². The molecule has 2 heterocycles. The van der Waals surface area contributed by atoms with Crippen molar-refractivity contribution >= 4 is 17.6 Å². The molecule has 0 spiro atoms. The summed E-state index contributed by atoms with van der Waals surface area (Å²) in [6, 6.07) is 5.51. The number of carbonyl (C=O) groups is 2. The third-order valence-corrected chi connectivity index (χ3v) is 3.95. The van der Waals surface area contributed by atoms with E-state index in [0.717, 1.165) is 0 Å². The lowest BCUT2D eigenvalue weighted by Gasteiger charge is -2.23. The first-order valence-electron chi connectivity index (χ1n) is 6.51. The van der Waals surface area contributed by atoms with Crippen LogP contribution in [0.3, 0.4) is 0 Å². The van der Waals surface area contributed by atoms with E-state index in [-0.39, 0.29) is 12.2 Å². The summed E-state index contributed by atoms with van der Waals surface area (Å²) < 4.78 is 18.6. The topological polar surface area (TPSA) is 75.6 Å². The molecule has 2 bridgehead atoms. The molecule has 2 N–H and O–H groups in total. The van der Waals surface area contributed by atoms with Crippen LogP contribution in [0.5, 0.6) is 0 Å². The van der Waals surface area contributed by atoms with Gasteiger partial charge in [-0.15, -0.1) is 0 Å². The van der Waals surface area contributed by atoms with Crippen LogP contribution in [-0.4, -0.2) is 29.2 Å². The third kappa shape index (κ3) is 2.16. The molecule has 1 aromatic carbocycles. The van der Waals surface area contributed by atoms with E-state index in [4.69, 9.17) is 4.74 Å².